The van der Waals surface area contributed by atoms with Crippen LogP contribution in [0.25, 0.3) is 22.9 Å². The molecule has 0 aliphatic carbocycles. The third kappa shape index (κ3) is 7.63. The summed E-state index contributed by atoms with van der Waals surface area (Å²) < 4.78 is 12.6. The predicted molar refractivity (Wildman–Crippen MR) is 146 cm³/mol. The largest absolute Gasteiger partial charge is 0.353 e. The van der Waals surface area contributed by atoms with E-state index in [1.54, 1.807) is 24.1 Å². The van der Waals surface area contributed by atoms with E-state index in [1.165, 1.54) is 24.0 Å². The number of hydrogen-bond donors (Lipinski definition) is 0. The molecule has 2 aromatic heterocycles. The summed E-state index contributed by atoms with van der Waals surface area (Å²) in [7, 11) is 1.74. The molecule has 8 heteroatoms. The Morgan fingerprint density at radius 1 is 1.28 bits per heavy atom. The third-order valence-corrected chi connectivity index (χ3v) is 5.77. The van der Waals surface area contributed by atoms with Crippen LogP contribution in [0.15, 0.2) is 41.5 Å². The van der Waals surface area contributed by atoms with Crippen LogP contribution in [0.5, 0.6) is 0 Å². The van der Waals surface area contributed by atoms with Crippen molar-refractivity contribution in [2.45, 2.75) is 66.2 Å². The number of rotatable bonds is 8. The second-order valence-electron chi connectivity index (χ2n) is 8.64. The van der Waals surface area contributed by atoms with Gasteiger partial charge >= 0.3 is 0 Å². The Morgan fingerprint density at radius 2 is 2.14 bits per heavy atom. The fraction of sp³-hybridized carbons (Fsp3) is 0.464. The summed E-state index contributed by atoms with van der Waals surface area (Å²) in [6.45, 7) is 10.5. The molecule has 1 saturated heterocycles. The molecule has 1 fully saturated rings. The molecule has 8 nitrogen and oxygen atoms in total. The van der Waals surface area contributed by atoms with Crippen LogP contribution in [0, 0.1) is 6.92 Å². The zero-order valence-electron chi connectivity index (χ0n) is 22.1. The fourth-order valence-corrected chi connectivity index (χ4v) is 3.84. The molecular weight excluding hydrogens is 452 g/mol. The lowest BCUT2D eigenvalue weighted by molar-refractivity contribution is -0.162. The van der Waals surface area contributed by atoms with Crippen molar-refractivity contribution in [1.82, 2.24) is 25.0 Å². The maximum absolute atomic E-state index is 5.41. The molecule has 1 aliphatic heterocycles. The average molecular weight is 491 g/mol. The molecule has 0 radical (unpaired) electrons. The predicted octanol–water partition coefficient (Wildman–Crippen LogP) is 5.65. The molecule has 4 rings (SSSR count). The van der Waals surface area contributed by atoms with Crippen LogP contribution in [0.3, 0.4) is 0 Å². The highest BCUT2D eigenvalue weighted by molar-refractivity contribution is 6.09. The van der Waals surface area contributed by atoms with Crippen molar-refractivity contribution < 1.29 is 9.47 Å². The minimum absolute atomic E-state index is 0.105. The number of aromatic nitrogens is 5. The van der Waals surface area contributed by atoms with Crippen LogP contribution >= 0.6 is 0 Å². The van der Waals surface area contributed by atoms with Crippen LogP contribution in [0.4, 0.5) is 0 Å². The van der Waals surface area contributed by atoms with Gasteiger partial charge in [0.15, 0.2) is 11.9 Å². The summed E-state index contributed by atoms with van der Waals surface area (Å²) in [5, 5.41) is 8.37. The first kappa shape index (κ1) is 27.4. The van der Waals surface area contributed by atoms with E-state index in [9.17, 15) is 0 Å². The Bertz CT molecular complexity index is 1190. The minimum atomic E-state index is 0.105. The van der Waals surface area contributed by atoms with Crippen LogP contribution in [0.2, 0.25) is 0 Å². The van der Waals surface area contributed by atoms with Gasteiger partial charge in [-0.15, -0.1) is 5.10 Å². The fourth-order valence-electron chi connectivity index (χ4n) is 3.84. The Morgan fingerprint density at radius 3 is 2.83 bits per heavy atom. The van der Waals surface area contributed by atoms with Crippen molar-refractivity contribution in [1.29, 1.82) is 0 Å². The first-order valence-electron chi connectivity index (χ1n) is 12.7. The van der Waals surface area contributed by atoms with E-state index in [2.05, 4.69) is 58.4 Å². The van der Waals surface area contributed by atoms with Gasteiger partial charge in [-0.2, -0.15) is 0 Å². The molecule has 1 atom stereocenters. The molecule has 3 aromatic rings. The lowest BCUT2D eigenvalue weighted by Gasteiger charge is -2.22. The number of hydrogen-bond acceptors (Lipinski definition) is 7. The van der Waals surface area contributed by atoms with E-state index in [-0.39, 0.29) is 6.29 Å². The van der Waals surface area contributed by atoms with Gasteiger partial charge in [0, 0.05) is 32.0 Å². The van der Waals surface area contributed by atoms with Crippen LogP contribution in [0.1, 0.15) is 68.8 Å². The summed E-state index contributed by atoms with van der Waals surface area (Å²) in [5.41, 5.74) is 6.47. The number of ether oxygens (including phenoxy) is 2. The van der Waals surface area contributed by atoms with Crippen molar-refractivity contribution in [3.8, 4) is 0 Å². The van der Waals surface area contributed by atoms with Gasteiger partial charge in [-0.1, -0.05) is 42.5 Å². The van der Waals surface area contributed by atoms with Gasteiger partial charge in [0.05, 0.1) is 18.4 Å². The normalized spacial score (nSPS) is 16.6. The van der Waals surface area contributed by atoms with Crippen molar-refractivity contribution in [2.24, 2.45) is 4.99 Å². The zero-order chi connectivity index (χ0) is 25.8. The van der Waals surface area contributed by atoms with Gasteiger partial charge in [-0.3, -0.25) is 4.99 Å². The Kier molecular flexibility index (Phi) is 10.9. The van der Waals surface area contributed by atoms with Crippen LogP contribution in [-0.2, 0) is 16.0 Å². The first-order valence-corrected chi connectivity index (χ1v) is 12.7. The topological polar surface area (TPSA) is 87.3 Å². The van der Waals surface area contributed by atoms with E-state index < -0.39 is 0 Å². The molecule has 0 amide bonds. The molecule has 0 bridgehead atoms. The van der Waals surface area contributed by atoms with Crippen molar-refractivity contribution >= 4 is 29.2 Å². The number of fused-ring (bicyclic) bond motifs is 1. The van der Waals surface area contributed by atoms with E-state index in [0.29, 0.717) is 17.8 Å². The van der Waals surface area contributed by atoms with Crippen LogP contribution in [-0.4, -0.2) is 57.7 Å². The second-order valence-corrected chi connectivity index (χ2v) is 8.64. The molecule has 0 spiro atoms. The summed E-state index contributed by atoms with van der Waals surface area (Å²) in [6.07, 6.45) is 14.3. The molecule has 1 aliphatic rings. The summed E-state index contributed by atoms with van der Waals surface area (Å²) in [4.78, 5) is 13.2. The SMILES string of the molecule is C/C=C\c1cc(Cn2nnc3ncc(/C(C=NC)=C/C)nc32)ccc1C.CCCOC1CCCCO1. The Labute approximate surface area is 214 Å². The zero-order valence-corrected chi connectivity index (χ0v) is 22.1. The number of allylic oxidation sites excluding steroid dienone is 3. The number of aliphatic imine (C=N–C) groups is 1. The molecule has 1 aromatic carbocycles. The maximum Gasteiger partial charge on any atom is 0.221 e. The lowest BCUT2D eigenvalue weighted by atomic mass is 10.0. The highest BCUT2D eigenvalue weighted by Gasteiger charge is 2.13. The summed E-state index contributed by atoms with van der Waals surface area (Å²) in [6, 6.07) is 6.39. The van der Waals surface area contributed by atoms with E-state index in [1.807, 2.05) is 26.0 Å². The van der Waals surface area contributed by atoms with Gasteiger partial charge in [0.2, 0.25) is 5.65 Å². The number of nitrogens with zero attached hydrogens (tertiary/aromatic N) is 6. The van der Waals surface area contributed by atoms with Crippen molar-refractivity contribution in [3.63, 3.8) is 0 Å². The van der Waals surface area contributed by atoms with Gasteiger partial charge in [-0.25, -0.2) is 14.6 Å². The van der Waals surface area contributed by atoms with Gasteiger partial charge in [0.25, 0.3) is 0 Å². The van der Waals surface area contributed by atoms with Crippen LogP contribution < -0.4 is 0 Å². The maximum atomic E-state index is 5.41. The number of benzene rings is 1. The Balaban J connectivity index is 0.000000303. The van der Waals surface area contributed by atoms with E-state index in [0.717, 1.165) is 42.9 Å². The minimum Gasteiger partial charge on any atom is -0.353 e. The molecule has 0 N–H and O–H groups in total. The molecule has 1 unspecified atom stereocenters. The monoisotopic (exact) mass is 490 g/mol. The van der Waals surface area contributed by atoms with Crippen molar-refractivity contribution in [3.05, 3.63) is 58.9 Å². The standard InChI is InChI=1S/C20H22N6.C8H16O2/c1-5-7-17-10-15(9-8-14(17)3)13-26-20-19(24-25-26)22-12-18(23-20)16(6-2)11-21-4;1-2-6-9-8-5-3-4-7-10-8/h5-12H,13H2,1-4H3;8H,2-7H2,1H3/b7-5-,16-6+,21-11?;. The smallest absolute Gasteiger partial charge is 0.221 e. The van der Waals surface area contributed by atoms with Gasteiger partial charge in [-0.05, 0) is 69.2 Å². The quantitative estimate of drug-likeness (QED) is 0.379. The Hall–Kier alpha value is -3.23. The lowest BCUT2D eigenvalue weighted by Crippen LogP contribution is -2.22. The molecule has 192 valence electrons. The van der Waals surface area contributed by atoms with E-state index >= 15 is 0 Å². The van der Waals surface area contributed by atoms with Gasteiger partial charge in [0.1, 0.15) is 0 Å². The average Bonchev–Trinajstić information content (AvgIpc) is 3.31. The summed E-state index contributed by atoms with van der Waals surface area (Å²) >= 11 is 0. The molecule has 3 heterocycles. The number of aryl methyl sites for hydroxylation is 1. The van der Waals surface area contributed by atoms with Crippen molar-refractivity contribution in [2.75, 3.05) is 20.3 Å². The molecular formula is C28H38N6O2. The summed E-state index contributed by atoms with van der Waals surface area (Å²) in [5.74, 6) is 0. The first-order chi connectivity index (χ1) is 17.6. The van der Waals surface area contributed by atoms with Gasteiger partial charge < -0.3 is 9.47 Å². The highest BCUT2D eigenvalue weighted by Crippen LogP contribution is 2.17. The third-order valence-electron chi connectivity index (χ3n) is 5.77. The van der Waals surface area contributed by atoms with E-state index in [4.69, 9.17) is 14.5 Å². The highest BCUT2D eigenvalue weighted by atomic mass is 16.7. The second kappa shape index (κ2) is 14.4. The molecule has 0 saturated carbocycles. The molecule has 36 heavy (non-hydrogen) atoms.